The highest BCUT2D eigenvalue weighted by Gasteiger charge is 2.14. The molecular weight excluding hydrogens is 797 g/mol. The standard InChI is InChI=1S/C17H16O3.C9H14O3.C9H14.C8H14O3.C5H8O.C5H12/c1-12-3-6-15(7-4-12)16(19)10-14-5-8-17(20-11-18)13(2)9-14;1-2-9(11)12-8-6-4-3-5-7-10;1-4-6-8-9(3)7-5-2;1-3-8(9)11-7-5-4-6-10-2;6-4-5-2-1-3-5;1-3-5-4-2/h3-9,11H,10H2,1-2H3;2,7H,1,3-6,8H2;5-8H,2,4H2,1,3H3;3H,1,4-7H2,2H3;4-5H,1-3H2;3-5H2,1-2H3/b;;8-6-,9-7-;;;. The van der Waals surface area contributed by atoms with Crippen molar-refractivity contribution in [3.8, 4) is 5.75 Å². The van der Waals surface area contributed by atoms with Crippen LogP contribution in [0.25, 0.3) is 0 Å². The lowest BCUT2D eigenvalue weighted by molar-refractivity contribution is -0.138. The maximum atomic E-state index is 12.2. The van der Waals surface area contributed by atoms with Crippen molar-refractivity contribution in [2.45, 2.75) is 131 Å². The molecule has 2 aromatic carbocycles. The zero-order valence-electron chi connectivity index (χ0n) is 39.5. The summed E-state index contributed by atoms with van der Waals surface area (Å²) < 4.78 is 19.1. The molecule has 0 spiro atoms. The molecule has 0 aromatic heterocycles. The summed E-state index contributed by atoms with van der Waals surface area (Å²) in [4.78, 5) is 63.1. The fourth-order valence-corrected chi connectivity index (χ4v) is 4.83. The fourth-order valence-electron chi connectivity index (χ4n) is 4.83. The number of benzene rings is 2. The normalized spacial score (nSPS) is 11.1. The van der Waals surface area contributed by atoms with E-state index in [2.05, 4.69) is 59.6 Å². The molecule has 10 nitrogen and oxygen atoms in total. The summed E-state index contributed by atoms with van der Waals surface area (Å²) in [6, 6.07) is 12.9. The van der Waals surface area contributed by atoms with Gasteiger partial charge in [0.2, 0.25) is 0 Å². The third-order valence-corrected chi connectivity index (χ3v) is 8.73. The van der Waals surface area contributed by atoms with Crippen molar-refractivity contribution < 1.29 is 47.7 Å². The molecule has 0 bridgehead atoms. The van der Waals surface area contributed by atoms with Crippen molar-refractivity contribution in [2.24, 2.45) is 5.92 Å². The van der Waals surface area contributed by atoms with Gasteiger partial charge in [-0.3, -0.25) is 9.59 Å². The van der Waals surface area contributed by atoms with Crippen LogP contribution in [0.2, 0.25) is 0 Å². The van der Waals surface area contributed by atoms with Gasteiger partial charge in [0.25, 0.3) is 6.47 Å². The van der Waals surface area contributed by atoms with Gasteiger partial charge in [-0.05, 0) is 89.3 Å². The fraction of sp³-hybridized carbons (Fsp3) is 0.472. The van der Waals surface area contributed by atoms with E-state index in [1.54, 1.807) is 25.3 Å². The van der Waals surface area contributed by atoms with Crippen LogP contribution in [-0.4, -0.2) is 63.7 Å². The molecule has 0 N–H and O–H groups in total. The van der Waals surface area contributed by atoms with E-state index in [1.807, 2.05) is 50.3 Å². The van der Waals surface area contributed by atoms with E-state index in [4.69, 9.17) is 18.9 Å². The molecule has 350 valence electrons. The van der Waals surface area contributed by atoms with Crippen molar-refractivity contribution in [3.63, 3.8) is 0 Å². The van der Waals surface area contributed by atoms with Crippen molar-refractivity contribution in [3.05, 3.63) is 126 Å². The molecule has 63 heavy (non-hydrogen) atoms. The minimum atomic E-state index is -0.384. The molecule has 1 aliphatic rings. The molecule has 0 unspecified atom stereocenters. The zero-order chi connectivity index (χ0) is 47.9. The van der Waals surface area contributed by atoms with Gasteiger partial charge in [-0.15, -0.1) is 0 Å². The predicted molar refractivity (Wildman–Crippen MR) is 257 cm³/mol. The molecule has 10 heteroatoms. The van der Waals surface area contributed by atoms with E-state index in [9.17, 15) is 28.8 Å². The summed E-state index contributed by atoms with van der Waals surface area (Å²) in [7, 11) is 1.65. The number of hydrogen-bond donors (Lipinski definition) is 0. The van der Waals surface area contributed by atoms with Gasteiger partial charge in [0, 0.05) is 50.2 Å². The Labute approximate surface area is 379 Å². The summed E-state index contributed by atoms with van der Waals surface area (Å²) in [5, 5.41) is 0. The first kappa shape index (κ1) is 61.8. The zero-order valence-corrected chi connectivity index (χ0v) is 39.5. The van der Waals surface area contributed by atoms with E-state index >= 15 is 0 Å². The monoisotopic (exact) mass is 875 g/mol. The summed E-state index contributed by atoms with van der Waals surface area (Å²) in [5.74, 6) is 0.290. The number of methoxy groups -OCH3 is 1. The number of allylic oxidation sites excluding steroid dienone is 5. The Bertz CT molecular complexity index is 1600. The number of aldehydes is 2. The van der Waals surface area contributed by atoms with E-state index in [0.717, 1.165) is 92.8 Å². The first-order valence-electron chi connectivity index (χ1n) is 22.1. The summed E-state index contributed by atoms with van der Waals surface area (Å²) in [6.45, 7) is 24.6. The minimum absolute atomic E-state index is 0.0773. The second-order valence-corrected chi connectivity index (χ2v) is 14.4. The summed E-state index contributed by atoms with van der Waals surface area (Å²) >= 11 is 0. The maximum Gasteiger partial charge on any atom is 0.330 e. The molecule has 2 aromatic rings. The molecule has 0 atom stereocenters. The van der Waals surface area contributed by atoms with E-state index in [0.29, 0.717) is 56.4 Å². The smallest absolute Gasteiger partial charge is 0.330 e. The average molecular weight is 875 g/mol. The van der Waals surface area contributed by atoms with Crippen LogP contribution in [0.4, 0.5) is 0 Å². The predicted octanol–water partition coefficient (Wildman–Crippen LogP) is 12.1. The molecule has 3 rings (SSSR count). The molecule has 1 aliphatic carbocycles. The largest absolute Gasteiger partial charge is 0.463 e. The number of aryl methyl sites for hydroxylation is 2. The third-order valence-electron chi connectivity index (χ3n) is 8.73. The molecule has 0 amide bonds. The number of hydrogen-bond acceptors (Lipinski definition) is 10. The van der Waals surface area contributed by atoms with E-state index in [1.165, 1.54) is 31.3 Å². The number of esters is 2. The molecule has 1 fully saturated rings. The maximum absolute atomic E-state index is 12.2. The Balaban J connectivity index is -0.000000731. The number of ketones is 1. The lowest BCUT2D eigenvalue weighted by Gasteiger charge is -2.17. The van der Waals surface area contributed by atoms with Gasteiger partial charge in [-0.1, -0.05) is 138 Å². The Morgan fingerprint density at radius 2 is 1.35 bits per heavy atom. The highest BCUT2D eigenvalue weighted by molar-refractivity contribution is 5.97. The van der Waals surface area contributed by atoms with E-state index in [-0.39, 0.29) is 17.7 Å². The van der Waals surface area contributed by atoms with Crippen LogP contribution in [0, 0.1) is 19.8 Å². The number of unbranched alkanes of at least 4 members (excludes halogenated alkanes) is 6. The SMILES string of the molecule is C=C/C=C(C)\C=C/CC.C=CC(=O)OCCCCCC=O.C=CC(=O)OCCCCOC.CCCCC.Cc1ccc(C(=O)Cc2ccc(OC=O)c(C)c2)cc1.O=CC1CCC1. The topological polar surface area (TPSA) is 139 Å². The van der Waals surface area contributed by atoms with E-state index < -0.39 is 0 Å². The van der Waals surface area contributed by atoms with Gasteiger partial charge in [0.15, 0.2) is 5.78 Å². The average Bonchev–Trinajstić information content (AvgIpc) is 3.26. The molecule has 0 heterocycles. The molecule has 0 radical (unpaired) electrons. The van der Waals surface area contributed by atoms with Crippen LogP contribution < -0.4 is 4.74 Å². The van der Waals surface area contributed by atoms with Crippen LogP contribution in [-0.2, 0) is 44.6 Å². The summed E-state index contributed by atoms with van der Waals surface area (Å²) in [5.41, 5.74) is 4.85. The Morgan fingerprint density at radius 3 is 1.76 bits per heavy atom. The van der Waals surface area contributed by atoms with Crippen LogP contribution in [0.15, 0.2) is 104 Å². The van der Waals surface area contributed by atoms with Gasteiger partial charge in [0.1, 0.15) is 18.3 Å². The summed E-state index contributed by atoms with van der Waals surface area (Å²) in [6.07, 6.45) is 26.3. The van der Waals surface area contributed by atoms with Crippen molar-refractivity contribution >= 4 is 36.8 Å². The van der Waals surface area contributed by atoms with Crippen LogP contribution >= 0.6 is 0 Å². The van der Waals surface area contributed by atoms with Crippen molar-refractivity contribution in [1.29, 1.82) is 0 Å². The van der Waals surface area contributed by atoms with Crippen molar-refractivity contribution in [1.82, 2.24) is 0 Å². The third kappa shape index (κ3) is 40.4. The van der Waals surface area contributed by atoms with Crippen LogP contribution in [0.5, 0.6) is 5.75 Å². The minimum Gasteiger partial charge on any atom is -0.463 e. The number of ether oxygens (including phenoxy) is 4. The number of carbonyl (C=O) groups is 6. The Morgan fingerprint density at radius 1 is 0.762 bits per heavy atom. The van der Waals surface area contributed by atoms with Gasteiger partial charge >= 0.3 is 11.9 Å². The van der Waals surface area contributed by atoms with Gasteiger partial charge in [-0.25, -0.2) is 9.59 Å². The van der Waals surface area contributed by atoms with Gasteiger partial charge < -0.3 is 28.5 Å². The highest BCUT2D eigenvalue weighted by Crippen LogP contribution is 2.23. The molecule has 0 saturated heterocycles. The van der Waals surface area contributed by atoms with Crippen LogP contribution in [0.3, 0.4) is 0 Å². The lowest BCUT2D eigenvalue weighted by Crippen LogP contribution is -2.10. The van der Waals surface area contributed by atoms with Crippen LogP contribution in [0.1, 0.15) is 138 Å². The number of carbonyl (C=O) groups excluding carboxylic acids is 6. The lowest BCUT2D eigenvalue weighted by atomic mass is 9.87. The quantitative estimate of drug-likeness (QED) is 0.0250. The Hall–Kier alpha value is -5.48. The second-order valence-electron chi connectivity index (χ2n) is 14.4. The Kier molecular flexibility index (Phi) is 45.2. The number of Topliss-reactive ketones (excluding diaryl/α,β-unsaturated/α-hetero) is 1. The molecule has 1 saturated carbocycles. The van der Waals surface area contributed by atoms with Gasteiger partial charge in [0.05, 0.1) is 13.2 Å². The first-order chi connectivity index (χ1) is 30.4. The van der Waals surface area contributed by atoms with Crippen molar-refractivity contribution in [2.75, 3.05) is 26.9 Å². The highest BCUT2D eigenvalue weighted by atomic mass is 16.5. The molecule has 0 aliphatic heterocycles. The molecular formula is C53H78O10. The second kappa shape index (κ2) is 46.0. The number of rotatable bonds is 24. The first-order valence-corrected chi connectivity index (χ1v) is 22.1. The van der Waals surface area contributed by atoms with Gasteiger partial charge in [-0.2, -0.15) is 0 Å².